The molecule has 0 aliphatic heterocycles. The fourth-order valence-electron chi connectivity index (χ4n) is 0. The van der Waals surface area contributed by atoms with Crippen LogP contribution in [0.15, 0.2) is 0 Å². The Bertz CT molecular complexity index is 116. The zero-order valence-corrected chi connectivity index (χ0v) is 11.4. The third kappa shape index (κ3) is 1530. The van der Waals surface area contributed by atoms with E-state index in [1.54, 1.807) is 0 Å². The van der Waals surface area contributed by atoms with Gasteiger partial charge in [0.2, 0.25) is 0 Å². The summed E-state index contributed by atoms with van der Waals surface area (Å²) < 4.78 is 0. The van der Waals surface area contributed by atoms with E-state index in [0.29, 0.717) is 0 Å². The Morgan fingerprint density at radius 2 is 0.500 bits per heavy atom. The summed E-state index contributed by atoms with van der Waals surface area (Å²) in [6.45, 7) is 0. The summed E-state index contributed by atoms with van der Waals surface area (Å²) in [7, 11) is 0. The van der Waals surface area contributed by atoms with Gasteiger partial charge >= 0.3 is 0 Å². The van der Waals surface area contributed by atoms with Crippen LogP contribution in [0.2, 0.25) is 0 Å². The fourth-order valence-corrected chi connectivity index (χ4v) is 0. The maximum Gasteiger partial charge on any atom is 0 e. The molecule has 0 amide bonds. The van der Waals surface area contributed by atoms with Crippen molar-refractivity contribution in [3.8, 4) is 0 Å². The molecule has 0 saturated carbocycles. The first-order valence-corrected chi connectivity index (χ1v) is 1.84. The molecule has 2 radical (unpaired) electrons. The van der Waals surface area contributed by atoms with Crippen LogP contribution in [-0.4, -0.2) is 18.5 Å². The molecule has 0 aliphatic rings. The number of hydrogen-bond acceptors (Lipinski definition) is 9. The van der Waals surface area contributed by atoms with Crippen LogP contribution in [0.4, 0.5) is 14.4 Å². The number of hydrogen-bond donors (Lipinski definition) is 0. The van der Waals surface area contributed by atoms with E-state index < -0.39 is 18.5 Å². The largest absolute Gasteiger partial charge is 0.652 e. The molecule has 0 atom stereocenters. The van der Waals surface area contributed by atoms with Gasteiger partial charge in [0.05, 0.1) is 0 Å². The minimum absolute atomic E-state index is 0. The van der Waals surface area contributed by atoms with Crippen LogP contribution in [0.1, 0.15) is 0 Å². The van der Waals surface area contributed by atoms with Crippen molar-refractivity contribution in [2.75, 3.05) is 0 Å². The molecule has 0 rings (SSSR count). The molecule has 0 fully saturated rings. The average Bonchev–Trinajstić information content (AvgIpc) is 1.54. The first kappa shape index (κ1) is 29.2. The summed E-state index contributed by atoms with van der Waals surface area (Å²) in [6, 6.07) is 0. The molecule has 0 aromatic rings. The molecule has 0 bridgehead atoms. The van der Waals surface area contributed by atoms with Gasteiger partial charge in [0.1, 0.15) is 0 Å². The van der Waals surface area contributed by atoms with E-state index in [4.69, 9.17) is 45.0 Å². The van der Waals surface area contributed by atoms with E-state index in [1.165, 1.54) is 0 Å². The van der Waals surface area contributed by atoms with Crippen molar-refractivity contribution >= 4 is 18.5 Å². The first-order valence-electron chi connectivity index (χ1n) is 1.84. The quantitative estimate of drug-likeness (QED) is 0.281. The summed E-state index contributed by atoms with van der Waals surface area (Å²) in [4.78, 5) is 25.0. The normalized spacial score (nSPS) is 5.14. The minimum atomic E-state index is -2.33. The molecule has 0 N–H and O–H groups in total. The van der Waals surface area contributed by atoms with E-state index >= 15 is 0 Å². The van der Waals surface area contributed by atoms with Gasteiger partial charge in [0, 0.05) is 40.8 Å². The van der Waals surface area contributed by atoms with Gasteiger partial charge in [0.15, 0.2) is 0 Å². The predicted octanol–water partition coefficient (Wildman–Crippen LogP) is -7.35. The Kier molecular flexibility index (Phi) is 47.5. The van der Waals surface area contributed by atoms with Crippen molar-refractivity contribution in [1.29, 1.82) is 0 Å². The van der Waals surface area contributed by atoms with Crippen molar-refractivity contribution in [3.63, 3.8) is 0 Å². The third-order valence-corrected chi connectivity index (χ3v) is 0. The van der Waals surface area contributed by atoms with E-state index in [1.807, 2.05) is 0 Å². The molecule has 0 heterocycles. The Morgan fingerprint density at radius 1 is 0.500 bits per heavy atom. The summed E-state index contributed by atoms with van der Waals surface area (Å²) in [5, 5.41) is 50.0. The fraction of sp³-hybridized carbons (Fsp3) is 0. The molecule has 9 nitrogen and oxygen atoms in total. The maximum absolute atomic E-state index is 8.33. The third-order valence-electron chi connectivity index (χ3n) is 0. The molecule has 0 saturated heterocycles. The van der Waals surface area contributed by atoms with Gasteiger partial charge < -0.3 is 45.0 Å². The standard InChI is InChI=1S/3CH2O3.2Re/c3*2-1(3)4;;/h3*(H2,2,3,4);;/p-6. The van der Waals surface area contributed by atoms with Crippen molar-refractivity contribution in [2.45, 2.75) is 0 Å². The van der Waals surface area contributed by atoms with Crippen LogP contribution in [0, 0.1) is 0 Å². The number of rotatable bonds is 0. The monoisotopic (exact) mass is 554 g/mol. The number of carbonyl (C=O) groups excluding carboxylic acids is 3. The van der Waals surface area contributed by atoms with Crippen LogP contribution in [0.5, 0.6) is 0 Å². The van der Waals surface area contributed by atoms with Gasteiger partial charge in [-0.2, -0.15) is 0 Å². The Hall–Kier alpha value is -0.865. The molecular weight excluding hydrogens is 552 g/mol. The molecule has 0 aromatic heterocycles. The SMILES string of the molecule is O=C([O-])[O-].O=C([O-])[O-].O=C([O-])[O-].[Re].[Re]. The van der Waals surface area contributed by atoms with Crippen LogP contribution in [0.3, 0.4) is 0 Å². The van der Waals surface area contributed by atoms with Crippen molar-refractivity contribution in [1.82, 2.24) is 0 Å². The van der Waals surface area contributed by atoms with Crippen LogP contribution in [-0.2, 0) is 40.8 Å². The van der Waals surface area contributed by atoms with Crippen LogP contribution in [0.25, 0.3) is 0 Å². The summed E-state index contributed by atoms with van der Waals surface area (Å²) >= 11 is 0. The summed E-state index contributed by atoms with van der Waals surface area (Å²) in [5.41, 5.74) is 0. The topological polar surface area (TPSA) is 190 Å². The maximum atomic E-state index is 8.33. The molecular formula is C3O9Re2-6. The predicted molar refractivity (Wildman–Crippen MR) is 16.2 cm³/mol. The molecule has 14 heavy (non-hydrogen) atoms. The van der Waals surface area contributed by atoms with E-state index in [-0.39, 0.29) is 40.8 Å². The zero-order valence-electron chi connectivity index (χ0n) is 5.93. The molecule has 0 aromatic carbocycles. The second-order valence-corrected chi connectivity index (χ2v) is 0.750. The van der Waals surface area contributed by atoms with Gasteiger partial charge in [-0.15, -0.1) is 0 Å². The zero-order chi connectivity index (χ0) is 10.7. The smallest absolute Gasteiger partial charge is 0 e. The van der Waals surface area contributed by atoms with E-state index in [9.17, 15) is 0 Å². The molecule has 86 valence electrons. The van der Waals surface area contributed by atoms with Gasteiger partial charge in [-0.1, -0.05) is 0 Å². The number of carboxylic acid groups (broad SMARTS) is 6. The Morgan fingerprint density at radius 3 is 0.500 bits per heavy atom. The molecule has 11 heteroatoms. The molecule has 0 spiro atoms. The van der Waals surface area contributed by atoms with Gasteiger partial charge in [-0.05, 0) is 18.5 Å². The second-order valence-electron chi connectivity index (χ2n) is 0.750. The van der Waals surface area contributed by atoms with Crippen molar-refractivity contribution in [3.05, 3.63) is 0 Å². The van der Waals surface area contributed by atoms with Gasteiger partial charge in [0.25, 0.3) is 0 Å². The van der Waals surface area contributed by atoms with Crippen LogP contribution >= 0.6 is 0 Å². The summed E-state index contributed by atoms with van der Waals surface area (Å²) in [5.74, 6) is 0. The Balaban J connectivity index is -0.0000000270. The molecule has 0 aliphatic carbocycles. The number of carbonyl (C=O) groups is 3. The first-order chi connectivity index (χ1) is 5.20. The van der Waals surface area contributed by atoms with Gasteiger partial charge in [-0.3, -0.25) is 0 Å². The summed E-state index contributed by atoms with van der Waals surface area (Å²) in [6.07, 6.45) is -7.00. The van der Waals surface area contributed by atoms with E-state index in [0.717, 1.165) is 0 Å². The van der Waals surface area contributed by atoms with Crippen molar-refractivity contribution < 1.29 is 85.9 Å². The van der Waals surface area contributed by atoms with E-state index in [2.05, 4.69) is 0 Å². The van der Waals surface area contributed by atoms with Crippen molar-refractivity contribution in [2.24, 2.45) is 0 Å². The molecule has 0 unspecified atom stereocenters. The second kappa shape index (κ2) is 22.7. The van der Waals surface area contributed by atoms with Gasteiger partial charge in [-0.25, -0.2) is 0 Å². The minimum Gasteiger partial charge on any atom is -0.652 e. The average molecular weight is 552 g/mol. The van der Waals surface area contributed by atoms with Crippen LogP contribution < -0.4 is 30.6 Å². The Labute approximate surface area is 104 Å².